The van der Waals surface area contributed by atoms with Gasteiger partial charge >= 0.3 is 11.9 Å². The fourth-order valence-corrected chi connectivity index (χ4v) is 3.74. The van der Waals surface area contributed by atoms with E-state index in [9.17, 15) is 9.59 Å². The molecular weight excluding hydrogens is 378 g/mol. The molecule has 3 rings (SSSR count). The molecule has 0 fully saturated rings. The van der Waals surface area contributed by atoms with E-state index in [1.807, 2.05) is 19.9 Å². The van der Waals surface area contributed by atoms with Gasteiger partial charge in [0.15, 0.2) is 0 Å². The number of benzene rings is 1. The molecule has 0 saturated heterocycles. The molecule has 0 saturated carbocycles. The molecule has 0 bridgehead atoms. The average Bonchev–Trinajstić information content (AvgIpc) is 3.04. The number of aryl methyl sites for hydroxylation is 1. The van der Waals surface area contributed by atoms with Gasteiger partial charge in [0.2, 0.25) is 0 Å². The van der Waals surface area contributed by atoms with Crippen LogP contribution >= 0.6 is 11.3 Å². The largest absolute Gasteiger partial charge is 0.462 e. The molecule has 0 aliphatic carbocycles. The summed E-state index contributed by atoms with van der Waals surface area (Å²) in [7, 11) is 0. The van der Waals surface area contributed by atoms with Crippen molar-refractivity contribution in [3.63, 3.8) is 0 Å². The summed E-state index contributed by atoms with van der Waals surface area (Å²) in [6.07, 6.45) is 2.21. The topological polar surface area (TPSA) is 90.4 Å². The Labute approximate surface area is 166 Å². The summed E-state index contributed by atoms with van der Waals surface area (Å²) in [5.41, 5.74) is 1.91. The van der Waals surface area contributed by atoms with Crippen molar-refractivity contribution < 1.29 is 19.1 Å². The van der Waals surface area contributed by atoms with Gasteiger partial charge in [-0.05, 0) is 44.0 Å². The van der Waals surface area contributed by atoms with E-state index in [0.717, 1.165) is 17.4 Å². The fourth-order valence-electron chi connectivity index (χ4n) is 2.70. The number of carbonyl (C=O) groups excluding carboxylic acids is 2. The lowest BCUT2D eigenvalue weighted by molar-refractivity contribution is 0.0502. The average molecular weight is 399 g/mol. The van der Waals surface area contributed by atoms with Crippen LogP contribution in [0.15, 0.2) is 30.6 Å². The summed E-state index contributed by atoms with van der Waals surface area (Å²) in [6, 6.07) is 7.01. The lowest BCUT2D eigenvalue weighted by Crippen LogP contribution is -2.06. The maximum absolute atomic E-state index is 12.2. The van der Waals surface area contributed by atoms with Gasteiger partial charge in [-0.25, -0.2) is 19.6 Å². The SMILES string of the molecule is CCCOC(=O)c1cccc(Nc2ncnc3sc(C(=O)OCC)c(C)c23)c1. The van der Waals surface area contributed by atoms with E-state index in [-0.39, 0.29) is 11.9 Å². The Bertz CT molecular complexity index is 1020. The number of hydrogen-bond donors (Lipinski definition) is 1. The van der Waals surface area contributed by atoms with Crippen molar-refractivity contribution in [2.75, 3.05) is 18.5 Å². The normalized spacial score (nSPS) is 10.7. The number of aromatic nitrogens is 2. The number of hydrogen-bond acceptors (Lipinski definition) is 8. The van der Waals surface area contributed by atoms with Gasteiger partial charge in [0, 0.05) is 5.69 Å². The molecule has 2 aromatic heterocycles. The predicted molar refractivity (Wildman–Crippen MR) is 108 cm³/mol. The van der Waals surface area contributed by atoms with Crippen LogP contribution in [0.4, 0.5) is 11.5 Å². The van der Waals surface area contributed by atoms with E-state index in [1.54, 1.807) is 25.1 Å². The third-order valence-corrected chi connectivity index (χ3v) is 5.17. The number of ether oxygens (including phenoxy) is 2. The first-order valence-corrected chi connectivity index (χ1v) is 9.82. The Morgan fingerprint density at radius 1 is 1.14 bits per heavy atom. The third kappa shape index (κ3) is 4.12. The summed E-state index contributed by atoms with van der Waals surface area (Å²) >= 11 is 1.27. The summed E-state index contributed by atoms with van der Waals surface area (Å²) in [4.78, 5) is 34.1. The van der Waals surface area contributed by atoms with Crippen LogP contribution in [0.3, 0.4) is 0 Å². The molecule has 1 aromatic carbocycles. The van der Waals surface area contributed by atoms with Gasteiger partial charge in [-0.1, -0.05) is 13.0 Å². The van der Waals surface area contributed by atoms with Crippen molar-refractivity contribution in [2.45, 2.75) is 27.2 Å². The first-order chi connectivity index (χ1) is 13.5. The van der Waals surface area contributed by atoms with Gasteiger partial charge in [-0.2, -0.15) is 0 Å². The van der Waals surface area contributed by atoms with Crippen molar-refractivity contribution in [1.29, 1.82) is 0 Å². The number of esters is 2. The number of anilines is 2. The Kier molecular flexibility index (Phi) is 6.20. The summed E-state index contributed by atoms with van der Waals surface area (Å²) in [5.74, 6) is -0.169. The van der Waals surface area contributed by atoms with Crippen molar-refractivity contribution in [3.05, 3.63) is 46.6 Å². The second-order valence-corrected chi connectivity index (χ2v) is 7.02. The van der Waals surface area contributed by atoms with E-state index in [4.69, 9.17) is 9.47 Å². The van der Waals surface area contributed by atoms with E-state index >= 15 is 0 Å². The number of nitrogens with one attached hydrogen (secondary N) is 1. The number of nitrogens with zero attached hydrogens (tertiary/aromatic N) is 2. The highest BCUT2D eigenvalue weighted by molar-refractivity contribution is 7.20. The molecule has 7 nitrogen and oxygen atoms in total. The summed E-state index contributed by atoms with van der Waals surface area (Å²) < 4.78 is 10.3. The van der Waals surface area contributed by atoms with Gasteiger partial charge in [-0.15, -0.1) is 11.3 Å². The lowest BCUT2D eigenvalue weighted by atomic mass is 10.1. The second-order valence-electron chi connectivity index (χ2n) is 6.02. The highest BCUT2D eigenvalue weighted by Gasteiger charge is 2.20. The highest BCUT2D eigenvalue weighted by Crippen LogP contribution is 2.34. The van der Waals surface area contributed by atoms with Crippen LogP contribution in [0.2, 0.25) is 0 Å². The lowest BCUT2D eigenvalue weighted by Gasteiger charge is -2.09. The summed E-state index contributed by atoms with van der Waals surface area (Å²) in [6.45, 7) is 6.25. The van der Waals surface area contributed by atoms with Crippen LogP contribution < -0.4 is 5.32 Å². The molecule has 8 heteroatoms. The molecule has 0 amide bonds. The van der Waals surface area contributed by atoms with E-state index < -0.39 is 0 Å². The zero-order chi connectivity index (χ0) is 20.1. The van der Waals surface area contributed by atoms with Gasteiger partial charge in [-0.3, -0.25) is 0 Å². The van der Waals surface area contributed by atoms with Gasteiger partial charge in [0.1, 0.15) is 21.9 Å². The molecule has 0 unspecified atom stereocenters. The predicted octanol–water partition coefficient (Wildman–Crippen LogP) is 4.49. The molecule has 0 aliphatic rings. The van der Waals surface area contributed by atoms with Crippen LogP contribution in [-0.4, -0.2) is 35.1 Å². The zero-order valence-electron chi connectivity index (χ0n) is 15.9. The number of rotatable bonds is 7. The van der Waals surface area contributed by atoms with Crippen molar-refractivity contribution in [2.24, 2.45) is 0 Å². The van der Waals surface area contributed by atoms with Crippen LogP contribution in [0.5, 0.6) is 0 Å². The van der Waals surface area contributed by atoms with E-state index in [1.165, 1.54) is 17.7 Å². The van der Waals surface area contributed by atoms with Gasteiger partial charge in [0.25, 0.3) is 0 Å². The first kappa shape index (κ1) is 19.8. The quantitative estimate of drug-likeness (QED) is 0.586. The minimum atomic E-state index is -0.366. The molecule has 0 radical (unpaired) electrons. The van der Waals surface area contributed by atoms with E-state index in [2.05, 4.69) is 15.3 Å². The second kappa shape index (κ2) is 8.79. The van der Waals surface area contributed by atoms with Crippen molar-refractivity contribution in [1.82, 2.24) is 9.97 Å². The molecule has 28 heavy (non-hydrogen) atoms. The Balaban J connectivity index is 1.93. The minimum Gasteiger partial charge on any atom is -0.462 e. The smallest absolute Gasteiger partial charge is 0.348 e. The van der Waals surface area contributed by atoms with E-state index in [0.29, 0.717) is 40.0 Å². The van der Waals surface area contributed by atoms with Crippen LogP contribution in [0, 0.1) is 6.92 Å². The molecule has 0 aliphatic heterocycles. The molecule has 0 atom stereocenters. The van der Waals surface area contributed by atoms with Crippen molar-refractivity contribution >= 4 is 45.0 Å². The highest BCUT2D eigenvalue weighted by atomic mass is 32.1. The number of carbonyl (C=O) groups is 2. The summed E-state index contributed by atoms with van der Waals surface area (Å²) in [5, 5.41) is 3.98. The molecule has 146 valence electrons. The Morgan fingerprint density at radius 3 is 2.71 bits per heavy atom. The molecule has 3 aromatic rings. The minimum absolute atomic E-state index is 0.310. The van der Waals surface area contributed by atoms with Crippen LogP contribution in [0.1, 0.15) is 45.9 Å². The third-order valence-electron chi connectivity index (χ3n) is 3.99. The Hall–Kier alpha value is -3.00. The number of thiophene rings is 1. The van der Waals surface area contributed by atoms with Crippen LogP contribution in [-0.2, 0) is 9.47 Å². The molecule has 1 N–H and O–H groups in total. The standard InChI is InChI=1S/C20H21N3O4S/c1-4-9-27-19(24)13-7-6-8-14(10-13)23-17-15-12(3)16(20(25)26-5-2)28-18(15)22-11-21-17/h6-8,10-11H,4-5,9H2,1-3H3,(H,21,22,23). The molecule has 2 heterocycles. The number of fused-ring (bicyclic) bond motifs is 1. The maximum Gasteiger partial charge on any atom is 0.348 e. The Morgan fingerprint density at radius 2 is 1.96 bits per heavy atom. The fraction of sp³-hybridized carbons (Fsp3) is 0.300. The van der Waals surface area contributed by atoms with Crippen LogP contribution in [0.25, 0.3) is 10.2 Å². The first-order valence-electron chi connectivity index (χ1n) is 9.00. The molecular formula is C20H21N3O4S. The molecule has 0 spiro atoms. The van der Waals surface area contributed by atoms with Crippen molar-refractivity contribution in [3.8, 4) is 0 Å². The zero-order valence-corrected chi connectivity index (χ0v) is 16.8. The monoisotopic (exact) mass is 399 g/mol. The maximum atomic E-state index is 12.2. The van der Waals surface area contributed by atoms with Gasteiger partial charge < -0.3 is 14.8 Å². The van der Waals surface area contributed by atoms with Gasteiger partial charge in [0.05, 0.1) is 24.2 Å².